The third-order valence-corrected chi connectivity index (χ3v) is 3.32. The number of nitro groups is 1. The van der Waals surface area contributed by atoms with Gasteiger partial charge in [-0.25, -0.2) is 0 Å². The van der Waals surface area contributed by atoms with E-state index in [2.05, 4.69) is 0 Å². The predicted octanol–water partition coefficient (Wildman–Crippen LogP) is 2.63. The van der Waals surface area contributed by atoms with E-state index in [0.717, 1.165) is 5.56 Å². The second-order valence-electron chi connectivity index (χ2n) is 4.57. The van der Waals surface area contributed by atoms with Gasteiger partial charge in [-0.3, -0.25) is 10.1 Å². The summed E-state index contributed by atoms with van der Waals surface area (Å²) in [5, 5.41) is 11.1. The molecule has 104 valence electrons. The number of methoxy groups -OCH3 is 2. The molecule has 0 amide bonds. The SMILES string of the molecule is COc1cc([N+](=O)[O-])c(OC)c2c1C[C@@H](C)O[C@H]2C. The highest BCUT2D eigenvalue weighted by molar-refractivity contribution is 5.62. The van der Waals surface area contributed by atoms with E-state index in [1.165, 1.54) is 20.3 Å². The zero-order chi connectivity index (χ0) is 14.2. The molecule has 19 heavy (non-hydrogen) atoms. The summed E-state index contributed by atoms with van der Waals surface area (Å²) in [6.07, 6.45) is 0.432. The van der Waals surface area contributed by atoms with Crippen LogP contribution in [-0.4, -0.2) is 25.2 Å². The van der Waals surface area contributed by atoms with Crippen LogP contribution in [0.15, 0.2) is 6.07 Å². The van der Waals surface area contributed by atoms with Gasteiger partial charge in [0.1, 0.15) is 5.75 Å². The van der Waals surface area contributed by atoms with Crippen LogP contribution in [0, 0.1) is 10.1 Å². The summed E-state index contributed by atoms with van der Waals surface area (Å²) in [6, 6.07) is 1.42. The van der Waals surface area contributed by atoms with Crippen molar-refractivity contribution in [2.45, 2.75) is 32.5 Å². The third kappa shape index (κ3) is 2.23. The summed E-state index contributed by atoms with van der Waals surface area (Å²) in [5.74, 6) is 0.782. The molecular formula is C13H17NO5. The lowest BCUT2D eigenvalue weighted by atomic mass is 9.92. The third-order valence-electron chi connectivity index (χ3n) is 3.32. The minimum atomic E-state index is -0.466. The van der Waals surface area contributed by atoms with E-state index in [1.54, 1.807) is 0 Å². The molecule has 0 saturated carbocycles. The molecule has 0 spiro atoms. The van der Waals surface area contributed by atoms with Gasteiger partial charge in [-0.05, 0) is 13.8 Å². The van der Waals surface area contributed by atoms with Crippen molar-refractivity contribution in [2.24, 2.45) is 0 Å². The highest BCUT2D eigenvalue weighted by Crippen LogP contribution is 2.46. The molecule has 1 heterocycles. The summed E-state index contributed by atoms with van der Waals surface area (Å²) < 4.78 is 16.2. The Morgan fingerprint density at radius 1 is 1.37 bits per heavy atom. The normalized spacial score (nSPS) is 21.7. The molecule has 2 rings (SSSR count). The fourth-order valence-corrected chi connectivity index (χ4v) is 2.61. The Morgan fingerprint density at radius 2 is 2.05 bits per heavy atom. The van der Waals surface area contributed by atoms with E-state index >= 15 is 0 Å². The first-order valence-electron chi connectivity index (χ1n) is 6.07. The van der Waals surface area contributed by atoms with Crippen LogP contribution < -0.4 is 9.47 Å². The topological polar surface area (TPSA) is 70.8 Å². The van der Waals surface area contributed by atoms with Crippen molar-refractivity contribution in [3.05, 3.63) is 27.3 Å². The van der Waals surface area contributed by atoms with Crippen molar-refractivity contribution in [1.29, 1.82) is 0 Å². The van der Waals surface area contributed by atoms with Crippen LogP contribution in [0.2, 0.25) is 0 Å². The fraction of sp³-hybridized carbons (Fsp3) is 0.538. The Labute approximate surface area is 111 Å². The minimum absolute atomic E-state index is 0.0440. The van der Waals surface area contributed by atoms with E-state index in [4.69, 9.17) is 14.2 Å². The minimum Gasteiger partial charge on any atom is -0.496 e. The first-order chi connectivity index (χ1) is 8.99. The average Bonchev–Trinajstić information content (AvgIpc) is 2.36. The molecule has 1 aromatic rings. The van der Waals surface area contributed by atoms with Crippen LogP contribution >= 0.6 is 0 Å². The molecule has 0 aliphatic carbocycles. The van der Waals surface area contributed by atoms with E-state index < -0.39 is 4.92 Å². The molecule has 1 aliphatic rings. The van der Waals surface area contributed by atoms with Gasteiger partial charge in [0, 0.05) is 17.5 Å². The van der Waals surface area contributed by atoms with Crippen molar-refractivity contribution < 1.29 is 19.1 Å². The molecule has 1 aromatic carbocycles. The largest absolute Gasteiger partial charge is 0.496 e. The van der Waals surface area contributed by atoms with Crippen LogP contribution in [0.25, 0.3) is 0 Å². The van der Waals surface area contributed by atoms with E-state index in [1.807, 2.05) is 13.8 Å². The standard InChI is InChI=1S/C13H17NO5/c1-7-5-9-11(17-3)6-10(14(15)16)13(18-4)12(9)8(2)19-7/h6-8H,5H2,1-4H3/t7-,8+/m1/s1. The Balaban J connectivity index is 2.73. The van der Waals surface area contributed by atoms with Crippen LogP contribution in [0.1, 0.15) is 31.1 Å². The van der Waals surface area contributed by atoms with Crippen molar-refractivity contribution in [2.75, 3.05) is 14.2 Å². The molecule has 6 heteroatoms. The second-order valence-corrected chi connectivity index (χ2v) is 4.57. The zero-order valence-electron chi connectivity index (χ0n) is 11.4. The lowest BCUT2D eigenvalue weighted by Gasteiger charge is -2.30. The lowest BCUT2D eigenvalue weighted by Crippen LogP contribution is -2.23. The highest BCUT2D eigenvalue weighted by Gasteiger charge is 2.33. The summed E-state index contributed by atoms with van der Waals surface area (Å²) in [5.41, 5.74) is 1.55. The molecular weight excluding hydrogens is 250 g/mol. The Morgan fingerprint density at radius 3 is 2.58 bits per heavy atom. The maximum atomic E-state index is 11.1. The van der Waals surface area contributed by atoms with Crippen LogP contribution in [-0.2, 0) is 11.2 Å². The number of hydrogen-bond donors (Lipinski definition) is 0. The molecule has 6 nitrogen and oxygen atoms in total. The van der Waals surface area contributed by atoms with Crippen molar-refractivity contribution in [1.82, 2.24) is 0 Å². The number of benzene rings is 1. The van der Waals surface area contributed by atoms with Gasteiger partial charge in [-0.2, -0.15) is 0 Å². The Hall–Kier alpha value is -1.82. The molecule has 0 fully saturated rings. The Kier molecular flexibility index (Phi) is 3.61. The summed E-state index contributed by atoms with van der Waals surface area (Å²) >= 11 is 0. The van der Waals surface area contributed by atoms with Crippen molar-refractivity contribution in [3.8, 4) is 11.5 Å². The molecule has 0 aromatic heterocycles. The average molecular weight is 267 g/mol. The molecule has 0 N–H and O–H groups in total. The van der Waals surface area contributed by atoms with Gasteiger partial charge in [0.25, 0.3) is 0 Å². The first kappa shape index (κ1) is 13.6. The predicted molar refractivity (Wildman–Crippen MR) is 68.9 cm³/mol. The summed E-state index contributed by atoms with van der Waals surface area (Å²) in [6.45, 7) is 3.83. The van der Waals surface area contributed by atoms with Crippen molar-refractivity contribution >= 4 is 5.69 Å². The van der Waals surface area contributed by atoms with Gasteiger partial charge in [0.2, 0.25) is 5.75 Å². The maximum Gasteiger partial charge on any atom is 0.315 e. The Bertz CT molecular complexity index is 514. The number of hydrogen-bond acceptors (Lipinski definition) is 5. The van der Waals surface area contributed by atoms with E-state index in [9.17, 15) is 10.1 Å². The van der Waals surface area contributed by atoms with Gasteiger partial charge >= 0.3 is 5.69 Å². The number of ether oxygens (including phenoxy) is 3. The maximum absolute atomic E-state index is 11.1. The second kappa shape index (κ2) is 5.05. The summed E-state index contributed by atoms with van der Waals surface area (Å²) in [7, 11) is 2.94. The van der Waals surface area contributed by atoms with Gasteiger partial charge in [-0.1, -0.05) is 0 Å². The monoisotopic (exact) mass is 267 g/mol. The zero-order valence-corrected chi connectivity index (χ0v) is 11.4. The van der Waals surface area contributed by atoms with E-state index in [0.29, 0.717) is 17.7 Å². The quantitative estimate of drug-likeness (QED) is 0.622. The smallest absolute Gasteiger partial charge is 0.315 e. The van der Waals surface area contributed by atoms with Gasteiger partial charge in [0.15, 0.2) is 0 Å². The van der Waals surface area contributed by atoms with Crippen LogP contribution in [0.4, 0.5) is 5.69 Å². The molecule has 2 atom stereocenters. The fourth-order valence-electron chi connectivity index (χ4n) is 2.61. The van der Waals surface area contributed by atoms with Gasteiger partial charge in [0.05, 0.1) is 37.4 Å². The first-order valence-corrected chi connectivity index (χ1v) is 6.07. The van der Waals surface area contributed by atoms with Crippen LogP contribution in [0.5, 0.6) is 11.5 Å². The molecule has 0 bridgehead atoms. The van der Waals surface area contributed by atoms with Gasteiger partial charge in [-0.15, -0.1) is 0 Å². The van der Waals surface area contributed by atoms with Crippen LogP contribution in [0.3, 0.4) is 0 Å². The molecule has 0 saturated heterocycles. The highest BCUT2D eigenvalue weighted by atomic mass is 16.6. The molecule has 0 radical (unpaired) electrons. The molecule has 0 unspecified atom stereocenters. The molecule has 1 aliphatic heterocycles. The number of nitro benzene ring substituents is 1. The van der Waals surface area contributed by atoms with Gasteiger partial charge < -0.3 is 14.2 Å². The number of nitrogens with zero attached hydrogens (tertiary/aromatic N) is 1. The number of fused-ring (bicyclic) bond motifs is 1. The lowest BCUT2D eigenvalue weighted by molar-refractivity contribution is -0.386. The van der Waals surface area contributed by atoms with Crippen molar-refractivity contribution in [3.63, 3.8) is 0 Å². The van der Waals surface area contributed by atoms with E-state index in [-0.39, 0.29) is 23.6 Å². The summed E-state index contributed by atoms with van der Waals surface area (Å²) in [4.78, 5) is 10.7. The number of rotatable bonds is 3.